The molecule has 4 heteroatoms. The second-order valence-corrected chi connectivity index (χ2v) is 4.52. The smallest absolute Gasteiger partial charge is 0.319 e. The Morgan fingerprint density at radius 1 is 1.00 bits per heavy atom. The molecule has 0 aliphatic heterocycles. The average Bonchev–Trinajstić information content (AvgIpc) is 2.53. The fourth-order valence-corrected chi connectivity index (χ4v) is 1.93. The SMILES string of the molecule is CCOCCNC(=O)Nc1ccc(-c2ccccc2)cc1. The standard InChI is InChI=1S/C17H20N2O2/c1-2-21-13-12-18-17(20)19-16-10-8-15(9-11-16)14-6-4-3-5-7-14/h3-11H,2,12-13H2,1H3,(H2,18,19,20). The average molecular weight is 284 g/mol. The summed E-state index contributed by atoms with van der Waals surface area (Å²) in [4.78, 5) is 11.7. The summed E-state index contributed by atoms with van der Waals surface area (Å²) in [7, 11) is 0. The van der Waals surface area contributed by atoms with Crippen molar-refractivity contribution in [2.45, 2.75) is 6.92 Å². The van der Waals surface area contributed by atoms with Crippen molar-refractivity contribution in [3.63, 3.8) is 0 Å². The van der Waals surface area contributed by atoms with Crippen LogP contribution in [0, 0.1) is 0 Å². The van der Waals surface area contributed by atoms with E-state index in [9.17, 15) is 4.79 Å². The van der Waals surface area contributed by atoms with Gasteiger partial charge in [0.25, 0.3) is 0 Å². The molecule has 0 aliphatic rings. The van der Waals surface area contributed by atoms with Crippen molar-refractivity contribution in [1.29, 1.82) is 0 Å². The largest absolute Gasteiger partial charge is 0.380 e. The first-order valence-corrected chi connectivity index (χ1v) is 7.07. The van der Waals surface area contributed by atoms with Crippen molar-refractivity contribution < 1.29 is 9.53 Å². The number of carbonyl (C=O) groups excluding carboxylic acids is 1. The second kappa shape index (κ2) is 8.07. The van der Waals surface area contributed by atoms with E-state index in [1.807, 2.05) is 49.4 Å². The third kappa shape index (κ3) is 4.93. The van der Waals surface area contributed by atoms with Gasteiger partial charge in [0.15, 0.2) is 0 Å². The molecule has 2 rings (SSSR count). The minimum Gasteiger partial charge on any atom is -0.380 e. The van der Waals surface area contributed by atoms with Crippen LogP contribution >= 0.6 is 0 Å². The van der Waals surface area contributed by atoms with Crippen molar-refractivity contribution in [2.24, 2.45) is 0 Å². The molecule has 0 saturated heterocycles. The van der Waals surface area contributed by atoms with E-state index < -0.39 is 0 Å². The van der Waals surface area contributed by atoms with Crippen LogP contribution in [0.5, 0.6) is 0 Å². The molecule has 0 bridgehead atoms. The van der Waals surface area contributed by atoms with E-state index in [0.717, 1.165) is 16.8 Å². The summed E-state index contributed by atoms with van der Waals surface area (Å²) in [6, 6.07) is 17.7. The maximum absolute atomic E-state index is 11.7. The molecule has 0 heterocycles. The molecule has 0 spiro atoms. The minimum atomic E-state index is -0.220. The van der Waals surface area contributed by atoms with E-state index in [1.165, 1.54) is 0 Å². The molecule has 21 heavy (non-hydrogen) atoms. The molecule has 0 atom stereocenters. The topological polar surface area (TPSA) is 50.4 Å². The summed E-state index contributed by atoms with van der Waals surface area (Å²) in [6.07, 6.45) is 0. The van der Waals surface area contributed by atoms with Gasteiger partial charge in [-0.25, -0.2) is 4.79 Å². The van der Waals surface area contributed by atoms with E-state index >= 15 is 0 Å². The maximum Gasteiger partial charge on any atom is 0.319 e. The Balaban J connectivity index is 1.86. The Hall–Kier alpha value is -2.33. The number of carbonyl (C=O) groups is 1. The lowest BCUT2D eigenvalue weighted by atomic mass is 10.1. The van der Waals surface area contributed by atoms with Crippen molar-refractivity contribution >= 4 is 11.7 Å². The minimum absolute atomic E-state index is 0.220. The van der Waals surface area contributed by atoms with E-state index in [1.54, 1.807) is 0 Å². The summed E-state index contributed by atoms with van der Waals surface area (Å²) in [5.41, 5.74) is 3.05. The zero-order valence-corrected chi connectivity index (χ0v) is 12.1. The molecule has 2 N–H and O–H groups in total. The van der Waals surface area contributed by atoms with Crippen molar-refractivity contribution in [2.75, 3.05) is 25.1 Å². The van der Waals surface area contributed by atoms with Crippen LogP contribution in [0.15, 0.2) is 54.6 Å². The van der Waals surface area contributed by atoms with Gasteiger partial charge in [0, 0.05) is 18.8 Å². The van der Waals surface area contributed by atoms with Gasteiger partial charge in [-0.05, 0) is 30.2 Å². The Kier molecular flexibility index (Phi) is 5.79. The normalized spacial score (nSPS) is 10.1. The Labute approximate surface area is 125 Å². The molecule has 110 valence electrons. The van der Waals surface area contributed by atoms with E-state index in [0.29, 0.717) is 19.8 Å². The number of hydrogen-bond acceptors (Lipinski definition) is 2. The summed E-state index contributed by atoms with van der Waals surface area (Å²) >= 11 is 0. The third-order valence-electron chi connectivity index (χ3n) is 2.99. The fourth-order valence-electron chi connectivity index (χ4n) is 1.93. The van der Waals surface area contributed by atoms with Gasteiger partial charge in [-0.1, -0.05) is 42.5 Å². The summed E-state index contributed by atoms with van der Waals surface area (Å²) in [5.74, 6) is 0. The van der Waals surface area contributed by atoms with Crippen LogP contribution in [0.4, 0.5) is 10.5 Å². The van der Waals surface area contributed by atoms with Gasteiger partial charge < -0.3 is 15.4 Å². The van der Waals surface area contributed by atoms with E-state index in [4.69, 9.17) is 4.74 Å². The monoisotopic (exact) mass is 284 g/mol. The van der Waals surface area contributed by atoms with Crippen molar-refractivity contribution in [3.05, 3.63) is 54.6 Å². The zero-order chi connectivity index (χ0) is 14.9. The highest BCUT2D eigenvalue weighted by Gasteiger charge is 2.01. The van der Waals surface area contributed by atoms with Crippen LogP contribution in [0.2, 0.25) is 0 Å². The van der Waals surface area contributed by atoms with Gasteiger partial charge in [-0.3, -0.25) is 0 Å². The first kappa shape index (κ1) is 15.1. The second-order valence-electron chi connectivity index (χ2n) is 4.52. The van der Waals surface area contributed by atoms with Crippen LogP contribution in [0.25, 0.3) is 11.1 Å². The van der Waals surface area contributed by atoms with E-state index in [2.05, 4.69) is 22.8 Å². The van der Waals surface area contributed by atoms with Gasteiger partial charge >= 0.3 is 6.03 Å². The number of nitrogens with one attached hydrogen (secondary N) is 2. The number of urea groups is 1. The molecule has 0 unspecified atom stereocenters. The predicted octanol–water partition coefficient (Wildman–Crippen LogP) is 3.51. The highest BCUT2D eigenvalue weighted by Crippen LogP contribution is 2.20. The molecular formula is C17H20N2O2. The number of amides is 2. The molecule has 0 aliphatic carbocycles. The maximum atomic E-state index is 11.7. The highest BCUT2D eigenvalue weighted by atomic mass is 16.5. The Morgan fingerprint density at radius 3 is 2.33 bits per heavy atom. The zero-order valence-electron chi connectivity index (χ0n) is 12.1. The van der Waals surface area contributed by atoms with Crippen LogP contribution in [0.3, 0.4) is 0 Å². The predicted molar refractivity (Wildman–Crippen MR) is 85.4 cm³/mol. The van der Waals surface area contributed by atoms with Gasteiger partial charge in [0.05, 0.1) is 6.61 Å². The number of rotatable bonds is 6. The van der Waals surface area contributed by atoms with E-state index in [-0.39, 0.29) is 6.03 Å². The third-order valence-corrected chi connectivity index (χ3v) is 2.99. The molecule has 0 aromatic heterocycles. The van der Waals surface area contributed by atoms with Crippen LogP contribution in [-0.4, -0.2) is 25.8 Å². The lowest BCUT2D eigenvalue weighted by Gasteiger charge is -2.08. The molecular weight excluding hydrogens is 264 g/mol. The molecule has 2 aromatic rings. The summed E-state index contributed by atoms with van der Waals surface area (Å²) in [6.45, 7) is 3.61. The van der Waals surface area contributed by atoms with Crippen molar-refractivity contribution in [1.82, 2.24) is 5.32 Å². The molecule has 2 aromatic carbocycles. The first-order chi connectivity index (χ1) is 10.3. The number of hydrogen-bond donors (Lipinski definition) is 2. The van der Waals surface area contributed by atoms with Crippen molar-refractivity contribution in [3.8, 4) is 11.1 Å². The molecule has 0 radical (unpaired) electrons. The summed E-state index contributed by atoms with van der Waals surface area (Å²) < 4.78 is 5.16. The Morgan fingerprint density at radius 2 is 1.67 bits per heavy atom. The van der Waals surface area contributed by atoms with Gasteiger partial charge in [0.2, 0.25) is 0 Å². The lowest BCUT2D eigenvalue weighted by Crippen LogP contribution is -2.31. The van der Waals surface area contributed by atoms with Gasteiger partial charge in [-0.15, -0.1) is 0 Å². The molecule has 0 saturated carbocycles. The first-order valence-electron chi connectivity index (χ1n) is 7.07. The Bertz CT molecular complexity index is 553. The van der Waals surface area contributed by atoms with Gasteiger partial charge in [0.1, 0.15) is 0 Å². The number of anilines is 1. The van der Waals surface area contributed by atoms with Crippen LogP contribution in [-0.2, 0) is 4.74 Å². The number of ether oxygens (including phenoxy) is 1. The molecule has 2 amide bonds. The molecule has 4 nitrogen and oxygen atoms in total. The van der Waals surface area contributed by atoms with Gasteiger partial charge in [-0.2, -0.15) is 0 Å². The van der Waals surface area contributed by atoms with Crippen LogP contribution in [0.1, 0.15) is 6.92 Å². The lowest BCUT2D eigenvalue weighted by molar-refractivity contribution is 0.150. The summed E-state index contributed by atoms with van der Waals surface area (Å²) in [5, 5.41) is 5.53. The number of benzene rings is 2. The molecule has 0 fully saturated rings. The van der Waals surface area contributed by atoms with Crippen LogP contribution < -0.4 is 10.6 Å². The fraction of sp³-hybridized carbons (Fsp3) is 0.235. The highest BCUT2D eigenvalue weighted by molar-refractivity contribution is 5.89. The quantitative estimate of drug-likeness (QED) is 0.797.